The third kappa shape index (κ3) is 5.36. The predicted octanol–water partition coefficient (Wildman–Crippen LogP) is 3.52. The SMILES string of the molecule is COCCC(=O)N1CCN(c2nc(C3CC3)c(-c3cccc(C(N)=CC=N)c3)cc2C#N)CC1C. The standard InChI is InChI=1S/C27H32N6O2/c1-18-17-32(11-12-33(18)25(34)9-13-35-2)27-22(16-29)15-23(26(31-27)19-6-7-19)20-4-3-5-21(14-20)24(30)8-10-28/h3-5,8,10,14-15,18-19,28H,6-7,9,11-13,17,30H2,1-2H3. The van der Waals surface area contributed by atoms with E-state index >= 15 is 0 Å². The number of nitriles is 1. The molecule has 1 atom stereocenters. The molecule has 1 aliphatic heterocycles. The van der Waals surface area contributed by atoms with Gasteiger partial charge in [0.05, 0.1) is 24.3 Å². The van der Waals surface area contributed by atoms with Gasteiger partial charge in [0.1, 0.15) is 11.9 Å². The third-order valence-electron chi connectivity index (χ3n) is 6.65. The van der Waals surface area contributed by atoms with Crippen molar-refractivity contribution in [1.29, 1.82) is 10.7 Å². The zero-order valence-corrected chi connectivity index (χ0v) is 20.3. The van der Waals surface area contributed by atoms with Crippen LogP contribution in [0.15, 0.2) is 36.4 Å². The number of aromatic nitrogens is 1. The number of piperazine rings is 1. The summed E-state index contributed by atoms with van der Waals surface area (Å²) >= 11 is 0. The normalized spacial score (nSPS) is 18.3. The molecular formula is C27H32N6O2. The number of methoxy groups -OCH3 is 1. The van der Waals surface area contributed by atoms with Gasteiger partial charge in [0.25, 0.3) is 0 Å². The fourth-order valence-electron chi connectivity index (χ4n) is 4.65. The molecule has 1 saturated heterocycles. The molecule has 8 heteroatoms. The molecule has 2 aliphatic rings. The van der Waals surface area contributed by atoms with E-state index in [-0.39, 0.29) is 11.9 Å². The molecule has 1 unspecified atom stereocenters. The molecule has 1 saturated carbocycles. The summed E-state index contributed by atoms with van der Waals surface area (Å²) in [6, 6.07) is 12.2. The molecule has 1 amide bonds. The van der Waals surface area contributed by atoms with Crippen molar-refractivity contribution >= 4 is 23.6 Å². The maximum atomic E-state index is 12.5. The van der Waals surface area contributed by atoms with E-state index in [9.17, 15) is 10.1 Å². The summed E-state index contributed by atoms with van der Waals surface area (Å²) in [7, 11) is 1.60. The Kier molecular flexibility index (Phi) is 7.47. The number of anilines is 1. The predicted molar refractivity (Wildman–Crippen MR) is 137 cm³/mol. The Bertz CT molecular complexity index is 1180. The van der Waals surface area contributed by atoms with Gasteiger partial charge in [-0.25, -0.2) is 4.98 Å². The van der Waals surface area contributed by atoms with Crippen molar-refractivity contribution in [3.8, 4) is 17.2 Å². The van der Waals surface area contributed by atoms with Crippen molar-refractivity contribution in [1.82, 2.24) is 9.88 Å². The van der Waals surface area contributed by atoms with E-state index < -0.39 is 0 Å². The number of hydrogen-bond donors (Lipinski definition) is 2. The van der Waals surface area contributed by atoms with Crippen LogP contribution in [0.2, 0.25) is 0 Å². The van der Waals surface area contributed by atoms with Crippen LogP contribution in [0.3, 0.4) is 0 Å². The van der Waals surface area contributed by atoms with Crippen LogP contribution in [0.25, 0.3) is 16.8 Å². The molecule has 0 spiro atoms. The molecule has 1 aliphatic carbocycles. The number of nitrogens with one attached hydrogen (secondary N) is 1. The van der Waals surface area contributed by atoms with Crippen molar-refractivity contribution < 1.29 is 9.53 Å². The minimum absolute atomic E-state index is 0.0192. The molecule has 0 radical (unpaired) electrons. The second-order valence-corrected chi connectivity index (χ2v) is 9.17. The second kappa shape index (κ2) is 10.7. The van der Waals surface area contributed by atoms with E-state index in [1.54, 1.807) is 13.2 Å². The fourth-order valence-corrected chi connectivity index (χ4v) is 4.65. The Balaban J connectivity index is 1.66. The van der Waals surface area contributed by atoms with Crippen molar-refractivity contribution in [2.24, 2.45) is 5.73 Å². The Hall–Kier alpha value is -3.70. The number of nitrogens with zero attached hydrogens (tertiary/aromatic N) is 4. The number of carbonyl (C=O) groups is 1. The molecule has 2 heterocycles. The summed E-state index contributed by atoms with van der Waals surface area (Å²) in [4.78, 5) is 21.6. The van der Waals surface area contributed by atoms with Crippen LogP contribution >= 0.6 is 0 Å². The number of pyridine rings is 1. The number of amides is 1. The first-order chi connectivity index (χ1) is 17.0. The first kappa shape index (κ1) is 24.4. The maximum absolute atomic E-state index is 12.5. The maximum Gasteiger partial charge on any atom is 0.225 e. The zero-order chi connectivity index (χ0) is 24.9. The highest BCUT2D eigenvalue weighted by molar-refractivity contribution is 5.83. The summed E-state index contributed by atoms with van der Waals surface area (Å²) in [5.41, 5.74) is 10.9. The molecular weight excluding hydrogens is 440 g/mol. The van der Waals surface area contributed by atoms with Crippen LogP contribution in [0, 0.1) is 16.7 Å². The van der Waals surface area contributed by atoms with Gasteiger partial charge in [-0.3, -0.25) is 4.79 Å². The minimum atomic E-state index is 0.0192. The number of rotatable bonds is 8. The Morgan fingerprint density at radius 2 is 2.14 bits per heavy atom. The van der Waals surface area contributed by atoms with E-state index in [2.05, 4.69) is 11.0 Å². The smallest absolute Gasteiger partial charge is 0.225 e. The van der Waals surface area contributed by atoms with Crippen LogP contribution in [-0.4, -0.2) is 61.4 Å². The fraction of sp³-hybridized carbons (Fsp3) is 0.407. The number of ether oxygens (including phenoxy) is 1. The summed E-state index contributed by atoms with van der Waals surface area (Å²) in [5, 5.41) is 17.3. The van der Waals surface area contributed by atoms with Gasteiger partial charge in [-0.2, -0.15) is 5.26 Å². The van der Waals surface area contributed by atoms with Crippen LogP contribution in [0.4, 0.5) is 5.82 Å². The number of carbonyl (C=O) groups excluding carboxylic acids is 1. The van der Waals surface area contributed by atoms with Crippen molar-refractivity contribution in [2.75, 3.05) is 38.3 Å². The van der Waals surface area contributed by atoms with Crippen molar-refractivity contribution in [3.05, 3.63) is 53.2 Å². The molecule has 1 aromatic heterocycles. The molecule has 182 valence electrons. The zero-order valence-electron chi connectivity index (χ0n) is 20.3. The van der Waals surface area contributed by atoms with Gasteiger partial charge in [0.15, 0.2) is 0 Å². The minimum Gasteiger partial charge on any atom is -0.398 e. The first-order valence-electron chi connectivity index (χ1n) is 12.0. The van der Waals surface area contributed by atoms with Gasteiger partial charge in [-0.15, -0.1) is 0 Å². The molecule has 4 rings (SSSR count). The van der Waals surface area contributed by atoms with Crippen LogP contribution < -0.4 is 10.6 Å². The van der Waals surface area contributed by atoms with Crippen LogP contribution in [0.1, 0.15) is 48.9 Å². The lowest BCUT2D eigenvalue weighted by atomic mass is 9.96. The van der Waals surface area contributed by atoms with E-state index in [4.69, 9.17) is 20.9 Å². The summed E-state index contributed by atoms with van der Waals surface area (Å²) in [6.45, 7) is 4.31. The highest BCUT2D eigenvalue weighted by Crippen LogP contribution is 2.45. The Morgan fingerprint density at radius 3 is 2.80 bits per heavy atom. The number of nitrogens with two attached hydrogens (primary N) is 1. The lowest BCUT2D eigenvalue weighted by molar-refractivity contribution is -0.134. The average molecular weight is 473 g/mol. The lowest BCUT2D eigenvalue weighted by Crippen LogP contribution is -2.54. The van der Waals surface area contributed by atoms with Gasteiger partial charge in [-0.1, -0.05) is 18.2 Å². The van der Waals surface area contributed by atoms with E-state index in [0.717, 1.165) is 35.2 Å². The summed E-state index contributed by atoms with van der Waals surface area (Å²) in [6.07, 6.45) is 5.28. The monoisotopic (exact) mass is 472 g/mol. The highest BCUT2D eigenvalue weighted by Gasteiger charge is 2.33. The molecule has 3 N–H and O–H groups in total. The Labute approximate surface area is 206 Å². The number of allylic oxidation sites excluding steroid dienone is 1. The first-order valence-corrected chi connectivity index (χ1v) is 12.0. The lowest BCUT2D eigenvalue weighted by Gasteiger charge is -2.41. The highest BCUT2D eigenvalue weighted by atomic mass is 16.5. The van der Waals surface area contributed by atoms with Gasteiger partial charge >= 0.3 is 0 Å². The average Bonchev–Trinajstić information content (AvgIpc) is 3.72. The molecule has 2 aromatic rings. The van der Waals surface area contributed by atoms with Crippen LogP contribution in [0.5, 0.6) is 0 Å². The molecule has 8 nitrogen and oxygen atoms in total. The molecule has 2 fully saturated rings. The van der Waals surface area contributed by atoms with Gasteiger partial charge in [0.2, 0.25) is 5.91 Å². The molecule has 35 heavy (non-hydrogen) atoms. The van der Waals surface area contributed by atoms with Crippen molar-refractivity contribution in [2.45, 2.75) is 38.1 Å². The second-order valence-electron chi connectivity index (χ2n) is 9.17. The number of hydrogen-bond acceptors (Lipinski definition) is 7. The van der Waals surface area contributed by atoms with Crippen molar-refractivity contribution in [3.63, 3.8) is 0 Å². The largest absolute Gasteiger partial charge is 0.398 e. The summed E-state index contributed by atoms with van der Waals surface area (Å²) in [5.74, 6) is 1.18. The quantitative estimate of drug-likeness (QED) is 0.568. The van der Waals surface area contributed by atoms with Crippen LogP contribution in [-0.2, 0) is 9.53 Å². The van der Waals surface area contributed by atoms with Gasteiger partial charge < -0.3 is 25.7 Å². The molecule has 1 aromatic carbocycles. The van der Waals surface area contributed by atoms with Gasteiger partial charge in [0, 0.05) is 56.2 Å². The third-order valence-corrected chi connectivity index (χ3v) is 6.65. The Morgan fingerprint density at radius 1 is 1.34 bits per heavy atom. The van der Waals surface area contributed by atoms with E-state index in [1.807, 2.05) is 42.2 Å². The van der Waals surface area contributed by atoms with E-state index in [0.29, 0.717) is 55.7 Å². The topological polar surface area (TPSA) is 119 Å². The summed E-state index contributed by atoms with van der Waals surface area (Å²) < 4.78 is 5.06. The number of benzene rings is 1. The van der Waals surface area contributed by atoms with E-state index in [1.165, 1.54) is 6.21 Å². The molecule has 0 bridgehead atoms. The van der Waals surface area contributed by atoms with Gasteiger partial charge in [-0.05, 0) is 49.1 Å².